The molecule has 1 aliphatic heterocycles. The zero-order valence-corrected chi connectivity index (χ0v) is 11.9. The first-order valence-corrected chi connectivity index (χ1v) is 6.88. The highest BCUT2D eigenvalue weighted by molar-refractivity contribution is 6.29. The topological polar surface area (TPSA) is 54.2 Å². The van der Waals surface area contributed by atoms with Crippen molar-refractivity contribution >= 4 is 28.8 Å². The highest BCUT2D eigenvalue weighted by Crippen LogP contribution is 2.24. The lowest BCUT2D eigenvalue weighted by Crippen LogP contribution is -2.39. The number of nitrogens with zero attached hydrogens (tertiary/aromatic N) is 3. The summed E-state index contributed by atoms with van der Waals surface area (Å²) >= 11 is 5.92. The molecule has 0 aliphatic carbocycles. The summed E-state index contributed by atoms with van der Waals surface area (Å²) in [5.74, 6) is 0. The summed E-state index contributed by atoms with van der Waals surface area (Å²) in [6.45, 7) is 4.10. The molecule has 1 fully saturated rings. The van der Waals surface area contributed by atoms with E-state index in [-0.39, 0.29) is 0 Å². The number of oxazole rings is 1. The Labute approximate surface area is 117 Å². The minimum Gasteiger partial charge on any atom is -0.421 e. The van der Waals surface area contributed by atoms with Crippen LogP contribution < -0.4 is 5.32 Å². The van der Waals surface area contributed by atoms with E-state index in [0.717, 1.165) is 25.1 Å². The summed E-state index contributed by atoms with van der Waals surface area (Å²) in [6, 6.07) is 2.70. The van der Waals surface area contributed by atoms with Gasteiger partial charge in [-0.25, -0.2) is 4.98 Å². The number of likely N-dealkylation sites (tertiary alicyclic amines) is 1. The van der Waals surface area contributed by atoms with E-state index in [4.69, 9.17) is 16.0 Å². The van der Waals surface area contributed by atoms with Gasteiger partial charge >= 0.3 is 0 Å². The summed E-state index contributed by atoms with van der Waals surface area (Å²) in [6.07, 6.45) is 2.33. The van der Waals surface area contributed by atoms with Gasteiger partial charge in [0.05, 0.1) is 0 Å². The number of fused-ring (bicyclic) bond motifs is 1. The zero-order chi connectivity index (χ0) is 13.4. The van der Waals surface area contributed by atoms with Crippen molar-refractivity contribution in [3.63, 3.8) is 0 Å². The molecule has 1 atom stereocenters. The third-order valence-electron chi connectivity index (χ3n) is 3.47. The van der Waals surface area contributed by atoms with Crippen molar-refractivity contribution in [3.8, 4) is 0 Å². The Bertz CT molecular complexity index is 598. The maximum Gasteiger partial charge on any atom is 0.297 e. The number of hydrogen-bond donors (Lipinski definition) is 1. The fraction of sp³-hybridized carbons (Fsp3) is 0.538. The van der Waals surface area contributed by atoms with Gasteiger partial charge in [0, 0.05) is 12.6 Å². The molecule has 5 nitrogen and oxygen atoms in total. The Hall–Kier alpha value is -1.33. The Morgan fingerprint density at radius 3 is 3.11 bits per heavy atom. The van der Waals surface area contributed by atoms with Gasteiger partial charge in [-0.2, -0.15) is 4.98 Å². The SMILES string of the molecule is Cc1cc(Cl)nc2nc(NC3CCCN(C)C3)oc12. The number of aryl methyl sites for hydroxylation is 1. The standard InChI is InChI=1S/C13H17ClN4O/c1-8-6-10(14)16-12-11(8)19-13(17-12)15-9-4-3-5-18(2)7-9/h6,9H,3-5,7H2,1-2H3,(H,15,16,17). The Morgan fingerprint density at radius 2 is 2.32 bits per heavy atom. The summed E-state index contributed by atoms with van der Waals surface area (Å²) in [5.41, 5.74) is 2.23. The zero-order valence-electron chi connectivity index (χ0n) is 11.1. The number of halogens is 1. The van der Waals surface area contributed by atoms with Gasteiger partial charge in [-0.3, -0.25) is 0 Å². The van der Waals surface area contributed by atoms with Crippen molar-refractivity contribution in [1.29, 1.82) is 0 Å². The van der Waals surface area contributed by atoms with Crippen LogP contribution in [0.5, 0.6) is 0 Å². The quantitative estimate of drug-likeness (QED) is 0.857. The predicted octanol–water partition coefficient (Wildman–Crippen LogP) is 2.69. The Balaban J connectivity index is 1.83. The fourth-order valence-corrected chi connectivity index (χ4v) is 2.79. The second kappa shape index (κ2) is 4.98. The number of pyridine rings is 1. The number of likely N-dealkylation sites (N-methyl/N-ethyl adjacent to an activating group) is 1. The largest absolute Gasteiger partial charge is 0.421 e. The highest BCUT2D eigenvalue weighted by Gasteiger charge is 2.19. The number of piperidine rings is 1. The van der Waals surface area contributed by atoms with Gasteiger partial charge in [0.2, 0.25) is 5.65 Å². The summed E-state index contributed by atoms with van der Waals surface area (Å²) in [4.78, 5) is 10.8. The van der Waals surface area contributed by atoms with Crippen LogP contribution in [0.2, 0.25) is 5.15 Å². The Morgan fingerprint density at radius 1 is 1.47 bits per heavy atom. The van der Waals surface area contributed by atoms with E-state index in [1.54, 1.807) is 6.07 Å². The van der Waals surface area contributed by atoms with Crippen LogP contribution in [0, 0.1) is 6.92 Å². The molecule has 1 unspecified atom stereocenters. The molecule has 0 amide bonds. The van der Waals surface area contributed by atoms with E-state index in [1.165, 1.54) is 6.42 Å². The third-order valence-corrected chi connectivity index (χ3v) is 3.66. The molecule has 0 aromatic carbocycles. The first-order valence-electron chi connectivity index (χ1n) is 6.50. The van der Waals surface area contributed by atoms with Crippen LogP contribution in [0.25, 0.3) is 11.2 Å². The second-order valence-corrected chi connectivity index (χ2v) is 5.57. The molecule has 19 heavy (non-hydrogen) atoms. The van der Waals surface area contributed by atoms with Crippen molar-refractivity contribution in [2.75, 3.05) is 25.5 Å². The van der Waals surface area contributed by atoms with Crippen LogP contribution in [0.3, 0.4) is 0 Å². The average Bonchev–Trinajstić information content (AvgIpc) is 2.71. The van der Waals surface area contributed by atoms with Crippen LogP contribution in [-0.2, 0) is 0 Å². The van der Waals surface area contributed by atoms with Crippen molar-refractivity contribution in [1.82, 2.24) is 14.9 Å². The molecule has 3 heterocycles. The molecule has 1 N–H and O–H groups in total. The van der Waals surface area contributed by atoms with Gasteiger partial charge in [0.25, 0.3) is 6.01 Å². The molecular weight excluding hydrogens is 264 g/mol. The molecular formula is C13H17ClN4O. The third kappa shape index (κ3) is 2.67. The first kappa shape index (κ1) is 12.7. The van der Waals surface area contributed by atoms with Crippen molar-refractivity contribution in [2.24, 2.45) is 0 Å². The Kier molecular flexibility index (Phi) is 3.33. The van der Waals surface area contributed by atoms with Crippen LogP contribution in [-0.4, -0.2) is 41.0 Å². The number of rotatable bonds is 2. The molecule has 102 valence electrons. The molecule has 1 aliphatic rings. The monoisotopic (exact) mass is 280 g/mol. The van der Waals surface area contributed by atoms with Gasteiger partial charge in [0.1, 0.15) is 5.15 Å². The van der Waals surface area contributed by atoms with Crippen LogP contribution in [0.15, 0.2) is 10.5 Å². The van der Waals surface area contributed by atoms with Crippen molar-refractivity contribution in [2.45, 2.75) is 25.8 Å². The number of hydrogen-bond acceptors (Lipinski definition) is 5. The predicted molar refractivity (Wildman–Crippen MR) is 75.7 cm³/mol. The van der Waals surface area contributed by atoms with Crippen LogP contribution in [0.4, 0.5) is 6.01 Å². The number of aromatic nitrogens is 2. The van der Waals surface area contributed by atoms with E-state index < -0.39 is 0 Å². The molecule has 6 heteroatoms. The van der Waals surface area contributed by atoms with Gasteiger partial charge in [-0.1, -0.05) is 11.6 Å². The molecule has 2 aromatic rings. The minimum absolute atomic E-state index is 0.377. The van der Waals surface area contributed by atoms with Gasteiger partial charge in [0.15, 0.2) is 5.58 Å². The van der Waals surface area contributed by atoms with E-state index in [2.05, 4.69) is 27.2 Å². The lowest BCUT2D eigenvalue weighted by Gasteiger charge is -2.29. The van der Waals surface area contributed by atoms with E-state index in [0.29, 0.717) is 28.4 Å². The number of anilines is 1. The maximum absolute atomic E-state index is 5.92. The summed E-state index contributed by atoms with van der Waals surface area (Å²) in [5, 5.41) is 3.79. The minimum atomic E-state index is 0.377. The molecule has 0 saturated carbocycles. The normalized spacial score (nSPS) is 20.9. The van der Waals surface area contributed by atoms with Gasteiger partial charge in [-0.05, 0) is 45.0 Å². The van der Waals surface area contributed by atoms with Gasteiger partial charge in [-0.15, -0.1) is 0 Å². The first-order chi connectivity index (χ1) is 9.11. The van der Waals surface area contributed by atoms with Crippen molar-refractivity contribution < 1.29 is 4.42 Å². The summed E-state index contributed by atoms with van der Waals surface area (Å²) in [7, 11) is 2.13. The molecule has 3 rings (SSSR count). The molecule has 1 saturated heterocycles. The molecule has 0 spiro atoms. The molecule has 0 bridgehead atoms. The van der Waals surface area contributed by atoms with Crippen LogP contribution in [0.1, 0.15) is 18.4 Å². The lowest BCUT2D eigenvalue weighted by molar-refractivity contribution is 0.259. The lowest BCUT2D eigenvalue weighted by atomic mass is 10.1. The van der Waals surface area contributed by atoms with E-state index in [1.807, 2.05) is 6.92 Å². The number of nitrogens with one attached hydrogen (secondary N) is 1. The average molecular weight is 281 g/mol. The van der Waals surface area contributed by atoms with Gasteiger partial charge < -0.3 is 14.6 Å². The van der Waals surface area contributed by atoms with E-state index in [9.17, 15) is 0 Å². The molecule has 0 radical (unpaired) electrons. The van der Waals surface area contributed by atoms with Crippen LogP contribution >= 0.6 is 11.6 Å². The maximum atomic E-state index is 5.92. The smallest absolute Gasteiger partial charge is 0.297 e. The summed E-state index contributed by atoms with van der Waals surface area (Å²) < 4.78 is 5.73. The molecule has 2 aromatic heterocycles. The highest BCUT2D eigenvalue weighted by atomic mass is 35.5. The van der Waals surface area contributed by atoms with E-state index >= 15 is 0 Å². The van der Waals surface area contributed by atoms with Crippen molar-refractivity contribution in [3.05, 3.63) is 16.8 Å². The fourth-order valence-electron chi connectivity index (χ4n) is 2.54. The second-order valence-electron chi connectivity index (χ2n) is 5.18.